The number of aromatic nitrogens is 1. The molecule has 11 rings (SSSR count). The van der Waals surface area contributed by atoms with Crippen LogP contribution in [0, 0.1) is 0 Å². The Hall–Kier alpha value is -6.38. The Balaban J connectivity index is 1.22. The molecule has 0 spiro atoms. The molecule has 0 fully saturated rings. The number of hydrogen-bond acceptors (Lipinski definition) is 1. The smallest absolute Gasteiger partial charge is 0.0543 e. The van der Waals surface area contributed by atoms with Crippen LogP contribution in [0.4, 0.5) is 17.1 Å². The van der Waals surface area contributed by atoms with Crippen LogP contribution in [0.15, 0.2) is 170 Å². The first-order valence-electron chi connectivity index (χ1n) is 19.1. The normalized spacial score (nSPS) is 14.6. The fourth-order valence-electron chi connectivity index (χ4n) is 10.0. The maximum absolute atomic E-state index is 2.54. The first-order valence-corrected chi connectivity index (χ1v) is 19.1. The molecule has 2 aliphatic carbocycles. The minimum atomic E-state index is -0.114. The molecule has 54 heavy (non-hydrogen) atoms. The molecule has 8 aromatic carbocycles. The number of fused-ring (bicyclic) bond motifs is 10. The number of hydrogen-bond donors (Lipinski definition) is 0. The second-order valence-corrected chi connectivity index (χ2v) is 16.1. The van der Waals surface area contributed by atoms with Gasteiger partial charge in [-0.3, -0.25) is 0 Å². The van der Waals surface area contributed by atoms with Gasteiger partial charge in [0.1, 0.15) is 0 Å². The van der Waals surface area contributed by atoms with Crippen molar-refractivity contribution in [3.63, 3.8) is 0 Å². The van der Waals surface area contributed by atoms with E-state index in [0.717, 1.165) is 11.4 Å². The summed E-state index contributed by atoms with van der Waals surface area (Å²) in [5.74, 6) is 0. The van der Waals surface area contributed by atoms with Crippen molar-refractivity contribution in [1.29, 1.82) is 0 Å². The van der Waals surface area contributed by atoms with E-state index in [9.17, 15) is 0 Å². The van der Waals surface area contributed by atoms with Gasteiger partial charge in [-0.1, -0.05) is 155 Å². The molecule has 0 atom stereocenters. The molecule has 1 heterocycles. The van der Waals surface area contributed by atoms with E-state index in [2.05, 4.69) is 207 Å². The Morgan fingerprint density at radius 1 is 0.389 bits per heavy atom. The van der Waals surface area contributed by atoms with E-state index in [0.29, 0.717) is 0 Å². The topological polar surface area (TPSA) is 8.17 Å². The number of rotatable bonds is 4. The van der Waals surface area contributed by atoms with Gasteiger partial charge in [-0.2, -0.15) is 0 Å². The summed E-state index contributed by atoms with van der Waals surface area (Å²) in [6, 6.07) is 63.3. The van der Waals surface area contributed by atoms with Crippen LogP contribution in [0.2, 0.25) is 0 Å². The molecule has 0 N–H and O–H groups in total. The summed E-state index contributed by atoms with van der Waals surface area (Å²) in [5, 5.41) is 4.96. The van der Waals surface area contributed by atoms with E-state index >= 15 is 0 Å². The number of nitrogens with zero attached hydrogens (tertiary/aromatic N) is 2. The molecule has 0 saturated carbocycles. The second kappa shape index (κ2) is 11.1. The van der Waals surface area contributed by atoms with E-state index in [-0.39, 0.29) is 10.8 Å². The van der Waals surface area contributed by atoms with Crippen LogP contribution < -0.4 is 4.90 Å². The number of benzene rings is 8. The lowest BCUT2D eigenvalue weighted by Crippen LogP contribution is -2.17. The molecule has 0 aliphatic heterocycles. The van der Waals surface area contributed by atoms with E-state index in [4.69, 9.17) is 0 Å². The van der Waals surface area contributed by atoms with Gasteiger partial charge in [-0.15, -0.1) is 0 Å². The lowest BCUT2D eigenvalue weighted by atomic mass is 9.82. The zero-order chi connectivity index (χ0) is 36.3. The molecule has 2 nitrogen and oxygen atoms in total. The van der Waals surface area contributed by atoms with Crippen molar-refractivity contribution < 1.29 is 0 Å². The molecule has 2 aliphatic rings. The minimum Gasteiger partial charge on any atom is -0.309 e. The summed E-state index contributed by atoms with van der Waals surface area (Å²) in [6.07, 6.45) is 0. The van der Waals surface area contributed by atoms with Gasteiger partial charge in [0, 0.05) is 43.6 Å². The van der Waals surface area contributed by atoms with Gasteiger partial charge < -0.3 is 9.47 Å². The Morgan fingerprint density at radius 3 is 1.65 bits per heavy atom. The summed E-state index contributed by atoms with van der Waals surface area (Å²) >= 11 is 0. The fraction of sp³-hybridized carbons (Fsp3) is 0.115. The molecule has 0 radical (unpaired) electrons. The van der Waals surface area contributed by atoms with Crippen molar-refractivity contribution in [2.45, 2.75) is 38.5 Å². The van der Waals surface area contributed by atoms with Gasteiger partial charge in [-0.25, -0.2) is 0 Å². The van der Waals surface area contributed by atoms with E-state index < -0.39 is 0 Å². The number of anilines is 3. The number of para-hydroxylation sites is 2. The van der Waals surface area contributed by atoms with Crippen LogP contribution in [0.5, 0.6) is 0 Å². The average Bonchev–Trinajstić information content (AvgIpc) is 3.75. The van der Waals surface area contributed by atoms with Crippen molar-refractivity contribution >= 4 is 49.6 Å². The van der Waals surface area contributed by atoms with E-state index in [1.807, 2.05) is 0 Å². The third kappa shape index (κ3) is 4.11. The summed E-state index contributed by atoms with van der Waals surface area (Å²) in [4.78, 5) is 2.54. The quantitative estimate of drug-likeness (QED) is 0.178. The van der Waals surface area contributed by atoms with Crippen molar-refractivity contribution in [2.24, 2.45) is 0 Å². The predicted octanol–water partition coefficient (Wildman–Crippen LogP) is 14.0. The highest BCUT2D eigenvalue weighted by Gasteiger charge is 2.39. The first kappa shape index (κ1) is 31.2. The molecule has 0 unspecified atom stereocenters. The Bertz CT molecular complexity index is 2960. The SMILES string of the molecule is CC1(C)c2ccccc2-c2cc(N(c3cccc4c3-c3ccccc3C4(C)C)c3ccc(-n4c5ccccc5c5ccccc54)c4ccccc34)ccc21. The van der Waals surface area contributed by atoms with Gasteiger partial charge in [-0.05, 0) is 81.4 Å². The van der Waals surface area contributed by atoms with Gasteiger partial charge in [0.25, 0.3) is 0 Å². The van der Waals surface area contributed by atoms with E-state index in [1.165, 1.54) is 88.5 Å². The van der Waals surface area contributed by atoms with Crippen LogP contribution in [-0.2, 0) is 10.8 Å². The van der Waals surface area contributed by atoms with Crippen LogP contribution in [0.1, 0.15) is 49.9 Å². The summed E-state index contributed by atoms with van der Waals surface area (Å²) in [7, 11) is 0. The van der Waals surface area contributed by atoms with Crippen molar-refractivity contribution in [1.82, 2.24) is 4.57 Å². The predicted molar refractivity (Wildman–Crippen MR) is 228 cm³/mol. The standard InChI is InChI=1S/C52H40N2/c1-51(2)41-22-11-7-16-34(41)40-32-33(28-29-43(40)51)53(49-27-15-24-44-50(49)39-21-8-12-23-42(39)52(44,3)4)47-30-31-48(38-18-6-5-17-37(38)47)54-45-25-13-9-19-35(45)36-20-10-14-26-46(36)54/h5-32H,1-4H3. The summed E-state index contributed by atoms with van der Waals surface area (Å²) < 4.78 is 2.45. The Kier molecular flexibility index (Phi) is 6.39. The van der Waals surface area contributed by atoms with Crippen LogP contribution >= 0.6 is 0 Å². The van der Waals surface area contributed by atoms with Gasteiger partial charge in [0.05, 0.1) is 28.1 Å². The van der Waals surface area contributed by atoms with Gasteiger partial charge in [0.2, 0.25) is 0 Å². The van der Waals surface area contributed by atoms with Crippen molar-refractivity contribution in [3.8, 4) is 27.9 Å². The zero-order valence-corrected chi connectivity index (χ0v) is 31.1. The molecular weight excluding hydrogens is 653 g/mol. The largest absolute Gasteiger partial charge is 0.309 e. The van der Waals surface area contributed by atoms with Crippen LogP contribution in [0.25, 0.3) is 60.5 Å². The van der Waals surface area contributed by atoms with Crippen molar-refractivity contribution in [2.75, 3.05) is 4.90 Å². The Labute approximate surface area is 316 Å². The highest BCUT2D eigenvalue weighted by atomic mass is 15.1. The summed E-state index contributed by atoms with van der Waals surface area (Å²) in [5.41, 5.74) is 17.7. The molecule has 0 saturated heterocycles. The molecule has 258 valence electrons. The molecule has 2 heteroatoms. The van der Waals surface area contributed by atoms with Gasteiger partial charge in [0.15, 0.2) is 0 Å². The lowest BCUT2D eigenvalue weighted by molar-refractivity contribution is 0.660. The lowest BCUT2D eigenvalue weighted by Gasteiger charge is -2.31. The molecule has 1 aromatic heterocycles. The fourth-order valence-corrected chi connectivity index (χ4v) is 10.0. The second-order valence-electron chi connectivity index (χ2n) is 16.1. The maximum atomic E-state index is 2.54. The minimum absolute atomic E-state index is 0.0666. The van der Waals surface area contributed by atoms with Crippen LogP contribution in [0.3, 0.4) is 0 Å². The third-order valence-corrected chi connectivity index (χ3v) is 12.6. The Morgan fingerprint density at radius 2 is 0.926 bits per heavy atom. The van der Waals surface area contributed by atoms with E-state index in [1.54, 1.807) is 0 Å². The monoisotopic (exact) mass is 692 g/mol. The molecule has 0 amide bonds. The molecule has 0 bridgehead atoms. The highest BCUT2D eigenvalue weighted by Crippen LogP contribution is 2.56. The third-order valence-electron chi connectivity index (χ3n) is 12.6. The summed E-state index contributed by atoms with van der Waals surface area (Å²) in [6.45, 7) is 9.46. The molecular formula is C52H40N2. The highest BCUT2D eigenvalue weighted by molar-refractivity contribution is 6.12. The zero-order valence-electron chi connectivity index (χ0n) is 31.1. The first-order chi connectivity index (χ1) is 26.3. The van der Waals surface area contributed by atoms with Gasteiger partial charge >= 0.3 is 0 Å². The van der Waals surface area contributed by atoms with Crippen LogP contribution in [-0.4, -0.2) is 4.57 Å². The maximum Gasteiger partial charge on any atom is 0.0543 e. The van der Waals surface area contributed by atoms with Crippen molar-refractivity contribution in [3.05, 3.63) is 192 Å². The average molecular weight is 693 g/mol. The molecule has 9 aromatic rings.